The molecule has 0 N–H and O–H groups in total. The third kappa shape index (κ3) is 6.24. The van der Waals surface area contributed by atoms with E-state index in [1.165, 1.54) is 5.01 Å². The molecular weight excluding hydrogens is 454 g/mol. The monoisotopic (exact) mass is 484 g/mol. The van der Waals surface area contributed by atoms with Gasteiger partial charge in [-0.25, -0.2) is 13.8 Å². The first kappa shape index (κ1) is 24.8. The molecule has 0 aromatic heterocycles. The Morgan fingerprint density at radius 1 is 1.17 bits per heavy atom. The SMILES string of the molecule is CC(C)(C)OC(=O)C(c1ccc(CN2N=C(c3ccccc3)OCC2=O)cc1)C1CCC(F)(F)C1. The van der Waals surface area contributed by atoms with Crippen LogP contribution >= 0.6 is 0 Å². The van der Waals surface area contributed by atoms with Crippen LogP contribution in [0.3, 0.4) is 0 Å². The summed E-state index contributed by atoms with van der Waals surface area (Å²) in [6.07, 6.45) is -0.300. The molecule has 1 amide bonds. The summed E-state index contributed by atoms with van der Waals surface area (Å²) in [6, 6.07) is 16.4. The molecule has 2 atom stereocenters. The van der Waals surface area contributed by atoms with Crippen molar-refractivity contribution < 1.29 is 27.8 Å². The van der Waals surface area contributed by atoms with Crippen molar-refractivity contribution in [3.63, 3.8) is 0 Å². The van der Waals surface area contributed by atoms with Crippen LogP contribution in [0.2, 0.25) is 0 Å². The van der Waals surface area contributed by atoms with Gasteiger partial charge in [0.15, 0.2) is 6.61 Å². The Labute approximate surface area is 203 Å². The van der Waals surface area contributed by atoms with Crippen LogP contribution in [-0.4, -0.2) is 40.9 Å². The summed E-state index contributed by atoms with van der Waals surface area (Å²) in [5.74, 6) is -4.43. The van der Waals surface area contributed by atoms with Crippen molar-refractivity contribution in [1.82, 2.24) is 5.01 Å². The van der Waals surface area contributed by atoms with Gasteiger partial charge in [0.05, 0.1) is 12.5 Å². The molecule has 2 aromatic carbocycles. The van der Waals surface area contributed by atoms with Gasteiger partial charge in [-0.15, -0.1) is 5.10 Å². The van der Waals surface area contributed by atoms with Gasteiger partial charge in [0.1, 0.15) is 5.60 Å². The number of ether oxygens (including phenoxy) is 2. The lowest BCUT2D eigenvalue weighted by Gasteiger charge is -2.28. The maximum Gasteiger partial charge on any atom is 0.314 e. The third-order valence-electron chi connectivity index (χ3n) is 6.10. The minimum Gasteiger partial charge on any atom is -0.466 e. The summed E-state index contributed by atoms with van der Waals surface area (Å²) in [6.45, 7) is 5.40. The first-order valence-corrected chi connectivity index (χ1v) is 11.8. The molecule has 0 saturated heterocycles. The fourth-order valence-corrected chi connectivity index (χ4v) is 4.48. The Hall–Kier alpha value is -3.29. The highest BCUT2D eigenvalue weighted by molar-refractivity contribution is 5.97. The number of esters is 1. The number of amides is 1. The molecule has 4 rings (SSSR count). The molecule has 35 heavy (non-hydrogen) atoms. The maximum atomic E-state index is 14.0. The average molecular weight is 485 g/mol. The highest BCUT2D eigenvalue weighted by atomic mass is 19.3. The minimum absolute atomic E-state index is 0.109. The van der Waals surface area contributed by atoms with Crippen LogP contribution in [0.1, 0.15) is 62.6 Å². The molecule has 186 valence electrons. The summed E-state index contributed by atoms with van der Waals surface area (Å²) < 4.78 is 39.0. The largest absolute Gasteiger partial charge is 0.466 e. The fourth-order valence-electron chi connectivity index (χ4n) is 4.48. The van der Waals surface area contributed by atoms with Crippen molar-refractivity contribution in [3.05, 3.63) is 71.3 Å². The summed E-state index contributed by atoms with van der Waals surface area (Å²) in [5.41, 5.74) is 1.47. The van der Waals surface area contributed by atoms with Crippen molar-refractivity contribution in [3.8, 4) is 0 Å². The lowest BCUT2D eigenvalue weighted by molar-refractivity contribution is -0.158. The van der Waals surface area contributed by atoms with E-state index in [0.717, 1.165) is 11.1 Å². The van der Waals surface area contributed by atoms with Gasteiger partial charge >= 0.3 is 5.97 Å². The topological polar surface area (TPSA) is 68.2 Å². The van der Waals surface area contributed by atoms with E-state index in [-0.39, 0.29) is 38.3 Å². The van der Waals surface area contributed by atoms with Gasteiger partial charge in [0, 0.05) is 18.4 Å². The predicted molar refractivity (Wildman–Crippen MR) is 127 cm³/mol. The van der Waals surface area contributed by atoms with E-state index in [9.17, 15) is 18.4 Å². The molecule has 0 spiro atoms. The first-order valence-electron chi connectivity index (χ1n) is 11.8. The lowest BCUT2D eigenvalue weighted by atomic mass is 9.84. The predicted octanol–water partition coefficient (Wildman–Crippen LogP) is 5.27. The lowest BCUT2D eigenvalue weighted by Crippen LogP contribution is -2.36. The number of hydrogen-bond donors (Lipinski definition) is 0. The van der Waals surface area contributed by atoms with Crippen molar-refractivity contribution >= 4 is 17.8 Å². The van der Waals surface area contributed by atoms with Crippen molar-refractivity contribution in [2.75, 3.05) is 6.61 Å². The molecular formula is C27H30F2N2O4. The molecule has 1 heterocycles. The van der Waals surface area contributed by atoms with Gasteiger partial charge < -0.3 is 9.47 Å². The minimum atomic E-state index is -2.77. The molecule has 2 unspecified atom stereocenters. The van der Waals surface area contributed by atoms with E-state index in [1.807, 2.05) is 30.3 Å². The van der Waals surface area contributed by atoms with Gasteiger partial charge in [-0.3, -0.25) is 9.59 Å². The molecule has 0 bridgehead atoms. The van der Waals surface area contributed by atoms with Crippen LogP contribution in [0, 0.1) is 5.92 Å². The number of rotatable bonds is 6. The van der Waals surface area contributed by atoms with Gasteiger partial charge in [0.2, 0.25) is 11.8 Å². The average Bonchev–Trinajstić information content (AvgIpc) is 3.15. The number of halogens is 2. The molecule has 1 aliphatic heterocycles. The number of nitrogens with zero attached hydrogens (tertiary/aromatic N) is 2. The van der Waals surface area contributed by atoms with E-state index in [1.54, 1.807) is 45.0 Å². The molecule has 6 nitrogen and oxygen atoms in total. The number of alkyl halides is 2. The smallest absolute Gasteiger partial charge is 0.314 e. The highest BCUT2D eigenvalue weighted by Crippen LogP contribution is 2.46. The number of hydrogen-bond acceptors (Lipinski definition) is 5. The fraction of sp³-hybridized carbons (Fsp3) is 0.444. The number of benzene rings is 2. The van der Waals surface area contributed by atoms with Crippen LogP contribution in [0.4, 0.5) is 8.78 Å². The van der Waals surface area contributed by atoms with Crippen LogP contribution in [0.25, 0.3) is 0 Å². The molecule has 1 saturated carbocycles. The second-order valence-electron chi connectivity index (χ2n) is 10.1. The van der Waals surface area contributed by atoms with Gasteiger partial charge in [0.25, 0.3) is 5.91 Å². The normalized spacial score (nSPS) is 20.7. The first-order chi connectivity index (χ1) is 16.5. The van der Waals surface area contributed by atoms with Gasteiger partial charge in [-0.2, -0.15) is 0 Å². The molecule has 1 fully saturated rings. The summed E-state index contributed by atoms with van der Waals surface area (Å²) in [7, 11) is 0. The zero-order valence-electron chi connectivity index (χ0n) is 20.2. The number of carbonyl (C=O) groups excluding carboxylic acids is 2. The summed E-state index contributed by atoms with van der Waals surface area (Å²) in [4.78, 5) is 25.4. The van der Waals surface area contributed by atoms with Crippen molar-refractivity contribution in [2.45, 2.75) is 64.0 Å². The standard InChI is InChI=1S/C27H30F2N2O4/c1-26(2,3)35-25(33)23(21-13-14-27(28,29)15-21)19-11-9-18(10-12-19)16-31-22(32)17-34-24(30-31)20-7-5-4-6-8-20/h4-12,21,23H,13-17H2,1-3H3. The van der Waals surface area contributed by atoms with Crippen molar-refractivity contribution in [1.29, 1.82) is 0 Å². The van der Waals surface area contributed by atoms with E-state index in [4.69, 9.17) is 9.47 Å². The zero-order valence-corrected chi connectivity index (χ0v) is 20.2. The van der Waals surface area contributed by atoms with E-state index in [2.05, 4.69) is 5.10 Å². The van der Waals surface area contributed by atoms with E-state index < -0.39 is 29.3 Å². The molecule has 2 aliphatic rings. The maximum absolute atomic E-state index is 14.0. The van der Waals surface area contributed by atoms with Crippen LogP contribution in [0.5, 0.6) is 0 Å². The van der Waals surface area contributed by atoms with E-state index in [0.29, 0.717) is 11.5 Å². The Balaban J connectivity index is 1.53. The Kier molecular flexibility index (Phi) is 6.92. The van der Waals surface area contributed by atoms with Gasteiger partial charge in [-0.05, 0) is 56.4 Å². The third-order valence-corrected chi connectivity index (χ3v) is 6.10. The molecule has 2 aromatic rings. The van der Waals surface area contributed by atoms with Gasteiger partial charge in [-0.1, -0.05) is 42.5 Å². The Morgan fingerprint density at radius 2 is 1.86 bits per heavy atom. The zero-order chi connectivity index (χ0) is 25.2. The van der Waals surface area contributed by atoms with E-state index >= 15 is 0 Å². The molecule has 8 heteroatoms. The second kappa shape index (κ2) is 9.76. The quantitative estimate of drug-likeness (QED) is 0.524. The number of hydrazone groups is 1. The van der Waals surface area contributed by atoms with Crippen LogP contribution < -0.4 is 0 Å². The Morgan fingerprint density at radius 3 is 2.46 bits per heavy atom. The van der Waals surface area contributed by atoms with Crippen molar-refractivity contribution in [2.24, 2.45) is 11.0 Å². The molecule has 0 radical (unpaired) electrons. The second-order valence-corrected chi connectivity index (χ2v) is 10.1. The highest BCUT2D eigenvalue weighted by Gasteiger charge is 2.46. The Bertz CT molecular complexity index is 1090. The molecule has 1 aliphatic carbocycles. The summed E-state index contributed by atoms with van der Waals surface area (Å²) >= 11 is 0. The summed E-state index contributed by atoms with van der Waals surface area (Å²) in [5, 5.41) is 5.71. The van der Waals surface area contributed by atoms with Crippen LogP contribution in [-0.2, 0) is 25.6 Å². The number of carbonyl (C=O) groups is 2. The van der Waals surface area contributed by atoms with Crippen LogP contribution in [0.15, 0.2) is 59.7 Å².